The summed E-state index contributed by atoms with van der Waals surface area (Å²) in [5.41, 5.74) is 1.78. The first-order chi connectivity index (χ1) is 9.08. The van der Waals surface area contributed by atoms with Crippen LogP contribution in [0.1, 0.15) is 35.7 Å². The van der Waals surface area contributed by atoms with E-state index >= 15 is 0 Å². The Morgan fingerprint density at radius 3 is 2.37 bits per heavy atom. The minimum Gasteiger partial charge on any atom is -0.497 e. The first kappa shape index (κ1) is 13.4. The van der Waals surface area contributed by atoms with Crippen molar-refractivity contribution in [2.45, 2.75) is 19.8 Å². The van der Waals surface area contributed by atoms with E-state index in [4.69, 9.17) is 9.47 Å². The quantitative estimate of drug-likeness (QED) is 0.786. The van der Waals surface area contributed by atoms with Crippen molar-refractivity contribution in [3.05, 3.63) is 41.5 Å². The first-order valence-electron chi connectivity index (χ1n) is 6.27. The van der Waals surface area contributed by atoms with E-state index < -0.39 is 0 Å². The average molecular weight is 258 g/mol. The van der Waals surface area contributed by atoms with Crippen molar-refractivity contribution in [2.75, 3.05) is 14.2 Å². The number of ether oxygens (including phenoxy) is 2. The second kappa shape index (κ2) is 5.31. The van der Waals surface area contributed by atoms with Crippen molar-refractivity contribution >= 4 is 16.7 Å². The summed E-state index contributed by atoms with van der Waals surface area (Å²) in [6.45, 7) is 4.27. The van der Waals surface area contributed by atoms with Crippen LogP contribution < -0.4 is 4.74 Å². The molecule has 0 saturated heterocycles. The number of rotatable bonds is 3. The molecule has 2 aromatic carbocycles. The summed E-state index contributed by atoms with van der Waals surface area (Å²) >= 11 is 0. The molecule has 0 aliphatic rings. The highest BCUT2D eigenvalue weighted by Gasteiger charge is 2.14. The molecule has 0 amide bonds. The third kappa shape index (κ3) is 2.41. The lowest BCUT2D eigenvalue weighted by Gasteiger charge is -2.13. The Morgan fingerprint density at radius 1 is 1.05 bits per heavy atom. The van der Waals surface area contributed by atoms with Crippen LogP contribution in [0.15, 0.2) is 30.3 Å². The van der Waals surface area contributed by atoms with Crippen LogP contribution in [0.25, 0.3) is 10.8 Å². The lowest BCUT2D eigenvalue weighted by atomic mass is 9.93. The number of carbonyl (C=O) groups is 1. The van der Waals surface area contributed by atoms with E-state index in [-0.39, 0.29) is 5.97 Å². The van der Waals surface area contributed by atoms with Crippen LogP contribution in [0, 0.1) is 0 Å². The highest BCUT2D eigenvalue weighted by Crippen LogP contribution is 2.31. The predicted octanol–water partition coefficient (Wildman–Crippen LogP) is 3.76. The van der Waals surface area contributed by atoms with Gasteiger partial charge in [0.1, 0.15) is 5.75 Å². The van der Waals surface area contributed by atoms with Crippen molar-refractivity contribution in [2.24, 2.45) is 0 Å². The fourth-order valence-electron chi connectivity index (χ4n) is 2.27. The van der Waals surface area contributed by atoms with Gasteiger partial charge in [0.2, 0.25) is 0 Å². The Hall–Kier alpha value is -2.03. The van der Waals surface area contributed by atoms with Crippen molar-refractivity contribution in [1.82, 2.24) is 0 Å². The Labute approximate surface area is 113 Å². The van der Waals surface area contributed by atoms with Crippen molar-refractivity contribution in [3.8, 4) is 5.75 Å². The Balaban J connectivity index is 2.77. The maximum atomic E-state index is 11.8. The standard InChI is InChI=1S/C16H18O3/c1-10(2)12-7-8-14(16(17)19-4)15-9-11(18-3)5-6-13(12)15/h5-10H,1-4H3. The largest absolute Gasteiger partial charge is 0.497 e. The summed E-state index contributed by atoms with van der Waals surface area (Å²) in [5.74, 6) is 0.801. The Kier molecular flexibility index (Phi) is 3.74. The minimum atomic E-state index is -0.325. The zero-order chi connectivity index (χ0) is 14.0. The van der Waals surface area contributed by atoms with E-state index in [9.17, 15) is 4.79 Å². The predicted molar refractivity (Wildman–Crippen MR) is 75.9 cm³/mol. The number of hydrogen-bond acceptors (Lipinski definition) is 3. The van der Waals surface area contributed by atoms with Gasteiger partial charge in [-0.3, -0.25) is 0 Å². The third-order valence-electron chi connectivity index (χ3n) is 3.28. The molecule has 0 radical (unpaired) electrons. The molecule has 0 fully saturated rings. The van der Waals surface area contributed by atoms with Crippen LogP contribution in [-0.4, -0.2) is 20.2 Å². The van der Waals surface area contributed by atoms with E-state index in [1.165, 1.54) is 12.7 Å². The fourth-order valence-corrected chi connectivity index (χ4v) is 2.27. The smallest absolute Gasteiger partial charge is 0.338 e. The SMILES string of the molecule is COC(=O)c1ccc(C(C)C)c2ccc(OC)cc12. The number of hydrogen-bond donors (Lipinski definition) is 0. The summed E-state index contributed by atoms with van der Waals surface area (Å²) in [6.07, 6.45) is 0. The van der Waals surface area contributed by atoms with Crippen LogP contribution in [0.5, 0.6) is 5.75 Å². The van der Waals surface area contributed by atoms with Gasteiger partial charge in [-0.05, 0) is 35.1 Å². The van der Waals surface area contributed by atoms with Crippen LogP contribution in [-0.2, 0) is 4.74 Å². The van der Waals surface area contributed by atoms with Gasteiger partial charge in [0, 0.05) is 5.39 Å². The normalized spacial score (nSPS) is 10.8. The number of carbonyl (C=O) groups excluding carboxylic acids is 1. The zero-order valence-electron chi connectivity index (χ0n) is 11.7. The summed E-state index contributed by atoms with van der Waals surface area (Å²) in [6, 6.07) is 9.60. The highest BCUT2D eigenvalue weighted by molar-refractivity contribution is 6.06. The fraction of sp³-hybridized carbons (Fsp3) is 0.312. The lowest BCUT2D eigenvalue weighted by molar-refractivity contribution is 0.0603. The molecule has 0 aromatic heterocycles. The topological polar surface area (TPSA) is 35.5 Å². The van der Waals surface area contributed by atoms with Gasteiger partial charge < -0.3 is 9.47 Å². The molecule has 0 aliphatic heterocycles. The molecule has 0 N–H and O–H groups in total. The van der Waals surface area contributed by atoms with Crippen molar-refractivity contribution < 1.29 is 14.3 Å². The van der Waals surface area contributed by atoms with Crippen molar-refractivity contribution in [1.29, 1.82) is 0 Å². The summed E-state index contributed by atoms with van der Waals surface area (Å²) in [7, 11) is 3.01. The molecule has 0 spiro atoms. The molecule has 3 nitrogen and oxygen atoms in total. The maximum Gasteiger partial charge on any atom is 0.338 e. The van der Waals surface area contributed by atoms with Gasteiger partial charge in [-0.2, -0.15) is 0 Å². The molecule has 0 aliphatic carbocycles. The van der Waals surface area contributed by atoms with E-state index in [0.717, 1.165) is 16.5 Å². The van der Waals surface area contributed by atoms with E-state index in [1.807, 2.05) is 30.3 Å². The van der Waals surface area contributed by atoms with Gasteiger partial charge in [0.15, 0.2) is 0 Å². The molecule has 2 aromatic rings. The molecule has 0 heterocycles. The Bertz CT molecular complexity index is 615. The zero-order valence-corrected chi connectivity index (χ0v) is 11.7. The number of fused-ring (bicyclic) bond motifs is 1. The Morgan fingerprint density at radius 2 is 1.79 bits per heavy atom. The average Bonchev–Trinajstić information content (AvgIpc) is 2.44. The van der Waals surface area contributed by atoms with Gasteiger partial charge in [-0.15, -0.1) is 0 Å². The lowest BCUT2D eigenvalue weighted by Crippen LogP contribution is -2.03. The van der Waals surface area contributed by atoms with E-state index in [1.54, 1.807) is 7.11 Å². The van der Waals surface area contributed by atoms with Gasteiger partial charge >= 0.3 is 5.97 Å². The molecule has 0 unspecified atom stereocenters. The van der Waals surface area contributed by atoms with E-state index in [0.29, 0.717) is 11.5 Å². The van der Waals surface area contributed by atoms with Crippen LogP contribution >= 0.6 is 0 Å². The number of benzene rings is 2. The monoisotopic (exact) mass is 258 g/mol. The van der Waals surface area contributed by atoms with Crippen LogP contribution in [0.2, 0.25) is 0 Å². The summed E-state index contributed by atoms with van der Waals surface area (Å²) in [4.78, 5) is 11.8. The van der Waals surface area contributed by atoms with Gasteiger partial charge in [0.05, 0.1) is 19.8 Å². The highest BCUT2D eigenvalue weighted by atomic mass is 16.5. The molecular formula is C16H18O3. The number of methoxy groups -OCH3 is 2. The molecule has 0 saturated carbocycles. The first-order valence-corrected chi connectivity index (χ1v) is 6.27. The van der Waals surface area contributed by atoms with Crippen LogP contribution in [0.4, 0.5) is 0 Å². The molecule has 0 atom stereocenters. The summed E-state index contributed by atoms with van der Waals surface area (Å²) < 4.78 is 10.1. The minimum absolute atomic E-state index is 0.325. The molecular weight excluding hydrogens is 240 g/mol. The van der Waals surface area contributed by atoms with Crippen molar-refractivity contribution in [3.63, 3.8) is 0 Å². The maximum absolute atomic E-state index is 11.8. The van der Waals surface area contributed by atoms with Crippen LogP contribution in [0.3, 0.4) is 0 Å². The number of esters is 1. The molecule has 0 bridgehead atoms. The molecule has 2 rings (SSSR count). The summed E-state index contributed by atoms with van der Waals surface area (Å²) in [5, 5.41) is 1.94. The second-order valence-electron chi connectivity index (χ2n) is 4.76. The van der Waals surface area contributed by atoms with Gasteiger partial charge in [-0.1, -0.05) is 26.0 Å². The molecule has 3 heteroatoms. The second-order valence-corrected chi connectivity index (χ2v) is 4.76. The van der Waals surface area contributed by atoms with Gasteiger partial charge in [0.25, 0.3) is 0 Å². The molecule has 19 heavy (non-hydrogen) atoms. The third-order valence-corrected chi connectivity index (χ3v) is 3.28. The molecule has 100 valence electrons. The van der Waals surface area contributed by atoms with E-state index in [2.05, 4.69) is 13.8 Å². The van der Waals surface area contributed by atoms with Gasteiger partial charge in [-0.25, -0.2) is 4.79 Å².